The van der Waals surface area contributed by atoms with Crippen LogP contribution in [0.3, 0.4) is 0 Å². The number of alkyl halides is 3. The van der Waals surface area contributed by atoms with Gasteiger partial charge in [-0.15, -0.1) is 11.3 Å². The summed E-state index contributed by atoms with van der Waals surface area (Å²) in [6.07, 6.45) is 1.61. The molecule has 0 aliphatic carbocycles. The first kappa shape index (κ1) is 28.3. The zero-order chi connectivity index (χ0) is 26.8. The van der Waals surface area contributed by atoms with Crippen LogP contribution in [0, 0.1) is 6.92 Å². The summed E-state index contributed by atoms with van der Waals surface area (Å²) in [6.45, 7) is 3.81. The number of rotatable bonds is 14. The van der Waals surface area contributed by atoms with Gasteiger partial charge in [-0.2, -0.15) is 13.2 Å². The normalized spacial score (nSPS) is 11.4. The second kappa shape index (κ2) is 13.3. The van der Waals surface area contributed by atoms with Crippen LogP contribution in [0.2, 0.25) is 0 Å². The Morgan fingerprint density at radius 2 is 1.73 bits per heavy atom. The highest BCUT2D eigenvalue weighted by atomic mass is 32.1. The van der Waals surface area contributed by atoms with Crippen molar-refractivity contribution in [2.24, 2.45) is 0 Å². The molecular weight excluding hydrogens is 505 g/mol. The van der Waals surface area contributed by atoms with E-state index in [4.69, 9.17) is 14.6 Å². The Morgan fingerprint density at radius 1 is 1.03 bits per heavy atom. The van der Waals surface area contributed by atoms with Crippen LogP contribution >= 0.6 is 11.3 Å². The largest absolute Gasteiger partial charge is 0.493 e. The van der Waals surface area contributed by atoms with Gasteiger partial charge in [0, 0.05) is 16.1 Å². The van der Waals surface area contributed by atoms with Crippen LogP contribution in [0.1, 0.15) is 55.9 Å². The van der Waals surface area contributed by atoms with E-state index in [0.717, 1.165) is 48.6 Å². The molecule has 0 spiro atoms. The maximum Gasteiger partial charge on any atom is 0.420 e. The monoisotopic (exact) mass is 536 g/mol. The number of ether oxygens (including phenoxy) is 2. The van der Waals surface area contributed by atoms with Crippen LogP contribution in [-0.4, -0.2) is 29.3 Å². The lowest BCUT2D eigenvalue weighted by Gasteiger charge is -2.15. The van der Waals surface area contributed by atoms with Crippen molar-refractivity contribution in [3.63, 3.8) is 0 Å². The predicted octanol–water partition coefficient (Wildman–Crippen LogP) is 8.08. The summed E-state index contributed by atoms with van der Waals surface area (Å²) >= 11 is 1.32. The number of nitrogens with one attached hydrogen (secondary N) is 1. The molecule has 6 nitrogen and oxygen atoms in total. The minimum absolute atomic E-state index is 0.173. The van der Waals surface area contributed by atoms with Crippen molar-refractivity contribution in [3.8, 4) is 22.8 Å². The molecule has 0 amide bonds. The van der Waals surface area contributed by atoms with Gasteiger partial charge in [0.2, 0.25) is 0 Å². The van der Waals surface area contributed by atoms with E-state index in [1.54, 1.807) is 30.3 Å². The molecule has 0 radical (unpaired) electrons. The van der Waals surface area contributed by atoms with Crippen LogP contribution in [-0.2, 0) is 11.0 Å². The summed E-state index contributed by atoms with van der Waals surface area (Å²) in [5.74, 6) is -0.829. The first-order valence-electron chi connectivity index (χ1n) is 12.2. The Labute approximate surface area is 218 Å². The highest BCUT2D eigenvalue weighted by Crippen LogP contribution is 2.39. The quantitative estimate of drug-likeness (QED) is 0.203. The number of carbonyl (C=O) groups is 1. The van der Waals surface area contributed by atoms with Crippen LogP contribution in [0.15, 0.2) is 42.5 Å². The number of aryl methyl sites for hydroxylation is 1. The Morgan fingerprint density at radius 3 is 2.41 bits per heavy atom. The minimum Gasteiger partial charge on any atom is -0.493 e. The summed E-state index contributed by atoms with van der Waals surface area (Å²) in [4.78, 5) is 16.1. The van der Waals surface area contributed by atoms with Crippen LogP contribution < -0.4 is 14.8 Å². The van der Waals surface area contributed by atoms with E-state index in [1.165, 1.54) is 23.8 Å². The molecule has 0 saturated carbocycles. The Hall–Kier alpha value is -3.27. The van der Waals surface area contributed by atoms with Crippen LogP contribution in [0.5, 0.6) is 11.5 Å². The number of halogens is 3. The number of hydrogen-bond acceptors (Lipinski definition) is 6. The minimum atomic E-state index is -4.55. The van der Waals surface area contributed by atoms with Gasteiger partial charge in [0.15, 0.2) is 11.7 Å². The number of carboxylic acids is 1. The number of anilines is 2. The van der Waals surface area contributed by atoms with Crippen molar-refractivity contribution >= 4 is 28.1 Å². The lowest BCUT2D eigenvalue weighted by atomic mass is 10.1. The lowest BCUT2D eigenvalue weighted by molar-refractivity contribution is -0.140. The number of hydrogen-bond donors (Lipinski definition) is 2. The highest BCUT2D eigenvalue weighted by Gasteiger charge is 2.35. The fourth-order valence-corrected chi connectivity index (χ4v) is 4.57. The zero-order valence-electron chi connectivity index (χ0n) is 20.9. The van der Waals surface area contributed by atoms with Crippen molar-refractivity contribution in [1.82, 2.24) is 4.98 Å². The SMILES string of the molecule is CCCCCCCCOc1ccc(Nc2nc(-c3ccc(OCC(=O)O)cc3)c(C)s2)cc1C(F)(F)F. The van der Waals surface area contributed by atoms with E-state index in [2.05, 4.69) is 17.2 Å². The molecule has 37 heavy (non-hydrogen) atoms. The van der Waals surface area contributed by atoms with Gasteiger partial charge in [0.1, 0.15) is 11.5 Å². The van der Waals surface area contributed by atoms with Gasteiger partial charge in [-0.25, -0.2) is 9.78 Å². The molecule has 10 heteroatoms. The molecule has 0 saturated heterocycles. The van der Waals surface area contributed by atoms with Crippen molar-refractivity contribution in [2.75, 3.05) is 18.5 Å². The van der Waals surface area contributed by atoms with E-state index in [0.29, 0.717) is 16.6 Å². The number of aromatic nitrogens is 1. The standard InChI is InChI=1S/C27H31F3N2O4S/c1-3-4-5-6-7-8-15-35-23-14-11-20(16-22(23)27(28,29)30)31-26-32-25(18(2)37-26)19-9-12-21(13-10-19)36-17-24(33)34/h9-14,16H,3-8,15,17H2,1-2H3,(H,31,32)(H,33,34). The summed E-state index contributed by atoms with van der Waals surface area (Å²) in [7, 11) is 0. The van der Waals surface area contributed by atoms with Crippen LogP contribution in [0.25, 0.3) is 11.3 Å². The van der Waals surface area contributed by atoms with Gasteiger partial charge < -0.3 is 19.9 Å². The highest BCUT2D eigenvalue weighted by molar-refractivity contribution is 7.16. The molecule has 3 rings (SSSR count). The molecule has 200 valence electrons. The third kappa shape index (κ3) is 8.66. The van der Waals surface area contributed by atoms with Crippen molar-refractivity contribution in [1.29, 1.82) is 0 Å². The first-order valence-corrected chi connectivity index (χ1v) is 13.0. The predicted molar refractivity (Wildman–Crippen MR) is 139 cm³/mol. The number of carboxylic acid groups (broad SMARTS) is 1. The average Bonchev–Trinajstić information content (AvgIpc) is 3.22. The van der Waals surface area contributed by atoms with Crippen molar-refractivity contribution in [3.05, 3.63) is 52.9 Å². The number of aliphatic carboxylic acids is 1. The molecule has 3 aromatic rings. The Bertz CT molecular complexity index is 1160. The first-order chi connectivity index (χ1) is 17.7. The molecule has 0 aliphatic rings. The third-order valence-corrected chi connectivity index (χ3v) is 6.46. The molecule has 1 aromatic heterocycles. The topological polar surface area (TPSA) is 80.7 Å². The smallest absolute Gasteiger partial charge is 0.420 e. The van der Waals surface area contributed by atoms with E-state index in [9.17, 15) is 18.0 Å². The molecular formula is C27H31F3N2O4S. The summed E-state index contributed by atoms with van der Waals surface area (Å²) < 4.78 is 51.9. The molecule has 0 fully saturated rings. The van der Waals surface area contributed by atoms with Gasteiger partial charge in [-0.3, -0.25) is 0 Å². The maximum absolute atomic E-state index is 13.7. The van der Waals surface area contributed by atoms with Crippen molar-refractivity contribution < 1.29 is 32.5 Å². The molecule has 0 bridgehead atoms. The summed E-state index contributed by atoms with van der Waals surface area (Å²) in [6, 6.07) is 10.7. The Balaban J connectivity index is 1.67. The fourth-order valence-electron chi connectivity index (χ4n) is 3.71. The van der Waals surface area contributed by atoms with Gasteiger partial charge in [0.25, 0.3) is 0 Å². The van der Waals surface area contributed by atoms with Crippen molar-refractivity contribution in [2.45, 2.75) is 58.5 Å². The second-order valence-electron chi connectivity index (χ2n) is 8.58. The van der Waals surface area contributed by atoms with Crippen LogP contribution in [0.4, 0.5) is 24.0 Å². The number of benzene rings is 2. The zero-order valence-corrected chi connectivity index (χ0v) is 21.7. The van der Waals surface area contributed by atoms with Gasteiger partial charge >= 0.3 is 12.1 Å². The molecule has 0 unspecified atom stereocenters. The molecule has 1 heterocycles. The second-order valence-corrected chi connectivity index (χ2v) is 9.78. The third-order valence-electron chi connectivity index (χ3n) is 5.58. The summed E-state index contributed by atoms with van der Waals surface area (Å²) in [5.41, 5.74) is 0.886. The maximum atomic E-state index is 13.7. The molecule has 2 aromatic carbocycles. The lowest BCUT2D eigenvalue weighted by Crippen LogP contribution is -2.10. The van der Waals surface area contributed by atoms with Gasteiger partial charge in [-0.1, -0.05) is 39.0 Å². The molecule has 0 aliphatic heterocycles. The van der Waals surface area contributed by atoms with Gasteiger partial charge in [-0.05, 0) is 55.8 Å². The average molecular weight is 537 g/mol. The summed E-state index contributed by atoms with van der Waals surface area (Å²) in [5, 5.41) is 12.1. The van der Waals surface area contributed by atoms with E-state index in [-0.39, 0.29) is 18.0 Å². The van der Waals surface area contributed by atoms with E-state index in [1.807, 2.05) is 6.92 Å². The van der Waals surface area contributed by atoms with E-state index < -0.39 is 24.3 Å². The molecule has 0 atom stereocenters. The Kier molecular flexibility index (Phi) is 10.2. The van der Waals surface area contributed by atoms with E-state index >= 15 is 0 Å². The number of unbranched alkanes of at least 4 members (excludes halogenated alkanes) is 5. The van der Waals surface area contributed by atoms with Gasteiger partial charge in [0.05, 0.1) is 17.9 Å². The fraction of sp³-hybridized carbons (Fsp3) is 0.407. The molecule has 2 N–H and O–H groups in total. The number of nitrogens with zero attached hydrogens (tertiary/aromatic N) is 1. The number of thiazole rings is 1.